The lowest BCUT2D eigenvalue weighted by Crippen LogP contribution is -2.19. The molecule has 11 heteroatoms. The van der Waals surface area contributed by atoms with Crippen LogP contribution in [0.3, 0.4) is 0 Å². The fourth-order valence-electron chi connectivity index (χ4n) is 4.42. The molecule has 0 aromatic heterocycles. The van der Waals surface area contributed by atoms with E-state index in [0.717, 1.165) is 24.1 Å². The standard InChI is InChI=1S/C29H26F9NO/c1-16(2)11-24(17(3)40)20-12-19(18-5-7-21(8-6-18)27(30,31)32)13-23(14-20)39(4)26-15-22(28(33,34)35)9-10-25(26)29(36,37)38/h5-10,12-16,24H,11H2,1-4H3. The monoisotopic (exact) mass is 575 g/mol. The van der Waals surface area contributed by atoms with Crippen molar-refractivity contribution in [3.8, 4) is 11.1 Å². The molecule has 3 aromatic rings. The minimum absolute atomic E-state index is 0.0206. The first-order valence-corrected chi connectivity index (χ1v) is 12.1. The van der Waals surface area contributed by atoms with Gasteiger partial charge in [-0.3, -0.25) is 4.79 Å². The molecule has 0 heterocycles. The lowest BCUT2D eigenvalue weighted by Gasteiger charge is -2.27. The molecule has 3 aromatic carbocycles. The van der Waals surface area contributed by atoms with E-state index in [0.29, 0.717) is 30.2 Å². The van der Waals surface area contributed by atoms with Gasteiger partial charge in [-0.1, -0.05) is 32.0 Å². The zero-order chi connectivity index (χ0) is 30.2. The predicted molar refractivity (Wildman–Crippen MR) is 134 cm³/mol. The van der Waals surface area contributed by atoms with Crippen LogP contribution in [-0.4, -0.2) is 12.8 Å². The largest absolute Gasteiger partial charge is 0.418 e. The van der Waals surface area contributed by atoms with Crippen molar-refractivity contribution in [2.24, 2.45) is 5.92 Å². The SMILES string of the molecule is CC(=O)C(CC(C)C)c1cc(-c2ccc(C(F)(F)F)cc2)cc(N(C)c2cc(C(F)(F)F)ccc2C(F)(F)F)c1. The Kier molecular flexibility index (Phi) is 8.67. The maximum absolute atomic E-state index is 13.8. The van der Waals surface area contributed by atoms with Crippen LogP contribution in [0.5, 0.6) is 0 Å². The van der Waals surface area contributed by atoms with Crippen molar-refractivity contribution in [3.63, 3.8) is 0 Å². The summed E-state index contributed by atoms with van der Waals surface area (Å²) in [5.74, 6) is -0.919. The number of hydrogen-bond donors (Lipinski definition) is 0. The quantitative estimate of drug-likeness (QED) is 0.262. The van der Waals surface area contributed by atoms with E-state index in [1.165, 1.54) is 31.2 Å². The van der Waals surface area contributed by atoms with E-state index in [-0.39, 0.29) is 28.5 Å². The number of benzene rings is 3. The number of rotatable bonds is 7. The molecule has 0 aliphatic carbocycles. The van der Waals surface area contributed by atoms with Gasteiger partial charge in [0.05, 0.1) is 22.4 Å². The molecule has 2 nitrogen and oxygen atoms in total. The molecule has 0 fully saturated rings. The second kappa shape index (κ2) is 11.2. The summed E-state index contributed by atoms with van der Waals surface area (Å²) in [5, 5.41) is 0. The van der Waals surface area contributed by atoms with Crippen LogP contribution in [0.1, 0.15) is 55.4 Å². The summed E-state index contributed by atoms with van der Waals surface area (Å²) in [6.07, 6.45) is -14.1. The summed E-state index contributed by atoms with van der Waals surface area (Å²) in [6.45, 7) is 5.07. The Hall–Kier alpha value is -3.50. The van der Waals surface area contributed by atoms with Crippen LogP contribution >= 0.6 is 0 Å². The Bertz CT molecular complexity index is 1350. The third kappa shape index (κ3) is 7.17. The van der Waals surface area contributed by atoms with Crippen LogP contribution in [0.25, 0.3) is 11.1 Å². The van der Waals surface area contributed by atoms with Gasteiger partial charge < -0.3 is 4.90 Å². The maximum atomic E-state index is 13.8. The van der Waals surface area contributed by atoms with Gasteiger partial charge in [0.25, 0.3) is 0 Å². The lowest BCUT2D eigenvalue weighted by atomic mass is 9.85. The summed E-state index contributed by atoms with van der Waals surface area (Å²) in [6, 6.07) is 9.49. The van der Waals surface area contributed by atoms with Crippen LogP contribution in [-0.2, 0) is 23.3 Å². The van der Waals surface area contributed by atoms with E-state index < -0.39 is 46.8 Å². The number of carbonyl (C=O) groups excluding carboxylic acids is 1. The highest BCUT2D eigenvalue weighted by molar-refractivity contribution is 5.85. The molecule has 1 unspecified atom stereocenters. The van der Waals surface area contributed by atoms with Gasteiger partial charge in [0.2, 0.25) is 0 Å². The van der Waals surface area contributed by atoms with Crippen LogP contribution in [0.15, 0.2) is 60.7 Å². The summed E-state index contributed by atoms with van der Waals surface area (Å²) < 4.78 is 121. The Balaban J connectivity index is 2.27. The van der Waals surface area contributed by atoms with Gasteiger partial charge in [-0.05, 0) is 78.4 Å². The molecule has 3 rings (SSSR count). The summed E-state index contributed by atoms with van der Waals surface area (Å²) >= 11 is 0. The highest BCUT2D eigenvalue weighted by atomic mass is 19.4. The first kappa shape index (κ1) is 31.0. The molecule has 0 saturated heterocycles. The zero-order valence-corrected chi connectivity index (χ0v) is 21.9. The molecule has 0 bridgehead atoms. The number of nitrogens with zero attached hydrogens (tertiary/aromatic N) is 1. The molecule has 0 spiro atoms. The number of Topliss-reactive ketones (excluding diaryl/α,β-unsaturated/α-hetero) is 1. The molecule has 0 aliphatic rings. The Morgan fingerprint density at radius 1 is 0.725 bits per heavy atom. The van der Waals surface area contributed by atoms with Gasteiger partial charge in [0.1, 0.15) is 5.78 Å². The zero-order valence-electron chi connectivity index (χ0n) is 21.9. The van der Waals surface area contributed by atoms with E-state index in [9.17, 15) is 44.3 Å². The average Bonchev–Trinajstić information content (AvgIpc) is 2.84. The maximum Gasteiger partial charge on any atom is 0.418 e. The molecular weight excluding hydrogens is 549 g/mol. The van der Waals surface area contributed by atoms with Gasteiger partial charge in [-0.25, -0.2) is 0 Å². The molecule has 0 radical (unpaired) electrons. The first-order valence-electron chi connectivity index (χ1n) is 12.1. The van der Waals surface area contributed by atoms with E-state index >= 15 is 0 Å². The lowest BCUT2D eigenvalue weighted by molar-refractivity contribution is -0.140. The van der Waals surface area contributed by atoms with Crippen LogP contribution in [0.4, 0.5) is 50.9 Å². The van der Waals surface area contributed by atoms with Crippen molar-refractivity contribution in [2.45, 2.75) is 51.6 Å². The normalized spacial score (nSPS) is 13.4. The third-order valence-corrected chi connectivity index (χ3v) is 6.46. The van der Waals surface area contributed by atoms with Gasteiger partial charge in [-0.2, -0.15) is 39.5 Å². The van der Waals surface area contributed by atoms with Gasteiger partial charge in [0.15, 0.2) is 0 Å². The van der Waals surface area contributed by atoms with E-state index in [1.807, 2.05) is 13.8 Å². The smallest absolute Gasteiger partial charge is 0.344 e. The van der Waals surface area contributed by atoms with Crippen molar-refractivity contribution in [3.05, 3.63) is 82.9 Å². The van der Waals surface area contributed by atoms with Crippen molar-refractivity contribution < 1.29 is 44.3 Å². The predicted octanol–water partition coefficient (Wildman–Crippen LogP) is 9.90. The van der Waals surface area contributed by atoms with Crippen molar-refractivity contribution >= 4 is 17.2 Å². The Morgan fingerprint density at radius 3 is 1.75 bits per heavy atom. The molecular formula is C29H26F9NO. The number of hydrogen-bond acceptors (Lipinski definition) is 2. The van der Waals surface area contributed by atoms with Crippen LogP contribution in [0, 0.1) is 5.92 Å². The Labute approximate surface area is 225 Å². The molecule has 0 N–H and O–H groups in total. The molecule has 0 aliphatic heterocycles. The van der Waals surface area contributed by atoms with Gasteiger partial charge >= 0.3 is 18.5 Å². The van der Waals surface area contributed by atoms with Crippen molar-refractivity contribution in [2.75, 3.05) is 11.9 Å². The number of alkyl halides is 9. The molecule has 1 atom stereocenters. The van der Waals surface area contributed by atoms with E-state index in [4.69, 9.17) is 0 Å². The third-order valence-electron chi connectivity index (χ3n) is 6.46. The molecule has 0 saturated carbocycles. The van der Waals surface area contributed by atoms with Crippen molar-refractivity contribution in [1.29, 1.82) is 0 Å². The summed E-state index contributed by atoms with van der Waals surface area (Å²) in [4.78, 5) is 13.5. The van der Waals surface area contributed by atoms with Gasteiger partial charge in [0, 0.05) is 18.7 Å². The summed E-state index contributed by atoms with van der Waals surface area (Å²) in [7, 11) is 1.16. The van der Waals surface area contributed by atoms with Crippen molar-refractivity contribution in [1.82, 2.24) is 0 Å². The molecule has 40 heavy (non-hydrogen) atoms. The number of carbonyl (C=O) groups is 1. The highest BCUT2D eigenvalue weighted by Gasteiger charge is 2.38. The minimum atomic E-state index is -4.98. The van der Waals surface area contributed by atoms with Crippen LogP contribution < -0.4 is 4.90 Å². The number of halogens is 9. The number of anilines is 2. The minimum Gasteiger partial charge on any atom is -0.344 e. The topological polar surface area (TPSA) is 20.3 Å². The van der Waals surface area contributed by atoms with E-state index in [1.54, 1.807) is 6.07 Å². The molecule has 0 amide bonds. The summed E-state index contributed by atoms with van der Waals surface area (Å²) in [5.41, 5.74) is -3.34. The van der Waals surface area contributed by atoms with E-state index in [2.05, 4.69) is 0 Å². The number of ketones is 1. The first-order chi connectivity index (χ1) is 18.3. The fourth-order valence-corrected chi connectivity index (χ4v) is 4.42. The second-order valence-electron chi connectivity index (χ2n) is 9.97. The Morgan fingerprint density at radius 2 is 1.27 bits per heavy atom. The second-order valence-corrected chi connectivity index (χ2v) is 9.97. The average molecular weight is 576 g/mol. The molecule has 216 valence electrons. The van der Waals surface area contributed by atoms with Gasteiger partial charge in [-0.15, -0.1) is 0 Å². The highest BCUT2D eigenvalue weighted by Crippen LogP contribution is 2.43. The fraction of sp³-hybridized carbons (Fsp3) is 0.345. The van der Waals surface area contributed by atoms with Crippen LogP contribution in [0.2, 0.25) is 0 Å².